The summed E-state index contributed by atoms with van der Waals surface area (Å²) in [7, 11) is 0. The first kappa shape index (κ1) is 15.2. The Morgan fingerprint density at radius 1 is 1.30 bits per heavy atom. The fraction of sp³-hybridized carbons (Fsp3) is 0.625. The van der Waals surface area contributed by atoms with Gasteiger partial charge in [-0.1, -0.05) is 27.2 Å². The number of hydrogen-bond donors (Lipinski definition) is 1. The second-order valence-corrected chi connectivity index (χ2v) is 5.96. The summed E-state index contributed by atoms with van der Waals surface area (Å²) in [6, 6.07) is 4.95. The van der Waals surface area contributed by atoms with Crippen molar-refractivity contribution in [2.24, 2.45) is 5.92 Å². The van der Waals surface area contributed by atoms with E-state index < -0.39 is 11.6 Å². The molecule has 4 heteroatoms. The van der Waals surface area contributed by atoms with Crippen molar-refractivity contribution in [3.05, 3.63) is 29.8 Å². The Balaban J connectivity index is 2.24. The molecule has 0 saturated carbocycles. The molecule has 0 bridgehead atoms. The maximum atomic E-state index is 13.5. The highest BCUT2D eigenvalue weighted by molar-refractivity contribution is 5.49. The van der Waals surface area contributed by atoms with Gasteiger partial charge in [-0.2, -0.15) is 0 Å². The van der Waals surface area contributed by atoms with Crippen molar-refractivity contribution in [2.75, 3.05) is 18.0 Å². The zero-order chi connectivity index (χ0) is 14.7. The Morgan fingerprint density at radius 3 is 2.65 bits per heavy atom. The molecule has 20 heavy (non-hydrogen) atoms. The standard InChI is InChI=1S/C16H24F2N2/c1-4-5-12-10-20(16(9-19-12)11(2)3)13-6-7-14(17)15(18)8-13/h6-8,11-12,16,19H,4-5,9-10H2,1-3H3. The molecule has 0 radical (unpaired) electrons. The van der Waals surface area contributed by atoms with Gasteiger partial charge < -0.3 is 10.2 Å². The Kier molecular flexibility index (Phi) is 4.97. The van der Waals surface area contributed by atoms with Gasteiger partial charge >= 0.3 is 0 Å². The van der Waals surface area contributed by atoms with E-state index in [0.29, 0.717) is 18.0 Å². The molecule has 1 aliphatic heterocycles. The summed E-state index contributed by atoms with van der Waals surface area (Å²) in [5.41, 5.74) is 0.783. The van der Waals surface area contributed by atoms with Crippen molar-refractivity contribution < 1.29 is 8.78 Å². The summed E-state index contributed by atoms with van der Waals surface area (Å²) in [6.45, 7) is 8.24. The molecule has 1 N–H and O–H groups in total. The normalized spacial score (nSPS) is 23.4. The zero-order valence-corrected chi connectivity index (χ0v) is 12.5. The zero-order valence-electron chi connectivity index (χ0n) is 12.5. The van der Waals surface area contributed by atoms with E-state index in [2.05, 4.69) is 31.0 Å². The van der Waals surface area contributed by atoms with Crippen LogP contribution in [0.5, 0.6) is 0 Å². The van der Waals surface area contributed by atoms with Gasteiger partial charge in [0.1, 0.15) is 0 Å². The summed E-state index contributed by atoms with van der Waals surface area (Å²) in [5.74, 6) is -1.09. The molecule has 2 atom stereocenters. The average Bonchev–Trinajstić information content (AvgIpc) is 2.42. The largest absolute Gasteiger partial charge is 0.365 e. The lowest BCUT2D eigenvalue weighted by molar-refractivity contribution is 0.327. The van der Waals surface area contributed by atoms with Gasteiger partial charge in [-0.3, -0.25) is 0 Å². The highest BCUT2D eigenvalue weighted by atomic mass is 19.2. The van der Waals surface area contributed by atoms with Gasteiger partial charge in [0, 0.05) is 36.9 Å². The number of halogens is 2. The van der Waals surface area contributed by atoms with Crippen LogP contribution in [0.25, 0.3) is 0 Å². The Bertz CT molecular complexity index is 448. The molecule has 1 aromatic carbocycles. The topological polar surface area (TPSA) is 15.3 Å². The second kappa shape index (κ2) is 6.53. The molecule has 1 aliphatic rings. The maximum Gasteiger partial charge on any atom is 0.160 e. The molecule has 1 saturated heterocycles. The molecule has 2 nitrogen and oxygen atoms in total. The molecular weight excluding hydrogens is 258 g/mol. The molecule has 0 spiro atoms. The summed E-state index contributed by atoms with van der Waals surface area (Å²) in [5, 5.41) is 3.57. The number of rotatable bonds is 4. The van der Waals surface area contributed by atoms with Crippen molar-refractivity contribution in [3.8, 4) is 0 Å². The van der Waals surface area contributed by atoms with E-state index in [1.165, 1.54) is 12.1 Å². The number of piperazine rings is 1. The van der Waals surface area contributed by atoms with Gasteiger partial charge in [-0.05, 0) is 24.5 Å². The number of benzene rings is 1. The molecule has 1 heterocycles. The van der Waals surface area contributed by atoms with Crippen molar-refractivity contribution >= 4 is 5.69 Å². The fourth-order valence-electron chi connectivity index (χ4n) is 2.93. The van der Waals surface area contributed by atoms with Crippen LogP contribution in [0.4, 0.5) is 14.5 Å². The van der Waals surface area contributed by atoms with Crippen LogP contribution in [0.3, 0.4) is 0 Å². The van der Waals surface area contributed by atoms with Gasteiger partial charge in [0.2, 0.25) is 0 Å². The Morgan fingerprint density at radius 2 is 2.05 bits per heavy atom. The van der Waals surface area contributed by atoms with Crippen LogP contribution >= 0.6 is 0 Å². The molecule has 0 aliphatic carbocycles. The number of hydrogen-bond acceptors (Lipinski definition) is 2. The number of anilines is 1. The minimum absolute atomic E-state index is 0.313. The second-order valence-electron chi connectivity index (χ2n) is 5.96. The molecule has 1 fully saturated rings. The van der Waals surface area contributed by atoms with E-state index in [-0.39, 0.29) is 0 Å². The lowest BCUT2D eigenvalue weighted by Gasteiger charge is -2.44. The monoisotopic (exact) mass is 282 g/mol. The molecular formula is C16H24F2N2. The Labute approximate surface area is 120 Å². The third-order valence-electron chi connectivity index (χ3n) is 4.07. The van der Waals surface area contributed by atoms with E-state index >= 15 is 0 Å². The third kappa shape index (κ3) is 3.29. The molecule has 0 aromatic heterocycles. The maximum absolute atomic E-state index is 13.5. The van der Waals surface area contributed by atoms with Crippen LogP contribution in [0.2, 0.25) is 0 Å². The van der Waals surface area contributed by atoms with Gasteiger partial charge in [-0.25, -0.2) is 8.78 Å². The first-order chi connectivity index (χ1) is 9.52. The van der Waals surface area contributed by atoms with Crippen LogP contribution in [-0.2, 0) is 0 Å². The van der Waals surface area contributed by atoms with Crippen molar-refractivity contribution in [1.29, 1.82) is 0 Å². The summed E-state index contributed by atoms with van der Waals surface area (Å²) >= 11 is 0. The average molecular weight is 282 g/mol. The number of nitrogens with zero attached hydrogens (tertiary/aromatic N) is 1. The van der Waals surface area contributed by atoms with Crippen LogP contribution in [0.1, 0.15) is 33.6 Å². The first-order valence-corrected chi connectivity index (χ1v) is 7.48. The quantitative estimate of drug-likeness (QED) is 0.908. The van der Waals surface area contributed by atoms with E-state index in [9.17, 15) is 8.78 Å². The smallest absolute Gasteiger partial charge is 0.160 e. The molecule has 0 amide bonds. The SMILES string of the molecule is CCCC1CN(c2ccc(F)c(F)c2)C(C(C)C)CN1. The highest BCUT2D eigenvalue weighted by Crippen LogP contribution is 2.26. The minimum Gasteiger partial charge on any atom is -0.365 e. The van der Waals surface area contributed by atoms with E-state index in [1.54, 1.807) is 6.07 Å². The van der Waals surface area contributed by atoms with Gasteiger partial charge in [0.15, 0.2) is 11.6 Å². The van der Waals surface area contributed by atoms with Crippen molar-refractivity contribution in [3.63, 3.8) is 0 Å². The van der Waals surface area contributed by atoms with Crippen LogP contribution in [0, 0.1) is 17.6 Å². The van der Waals surface area contributed by atoms with Crippen LogP contribution in [0.15, 0.2) is 18.2 Å². The third-order valence-corrected chi connectivity index (χ3v) is 4.07. The molecule has 2 unspecified atom stereocenters. The van der Waals surface area contributed by atoms with E-state index in [1.807, 2.05) is 0 Å². The molecule has 2 rings (SSSR count). The lowest BCUT2D eigenvalue weighted by Crippen LogP contribution is -2.58. The van der Waals surface area contributed by atoms with Crippen LogP contribution < -0.4 is 10.2 Å². The minimum atomic E-state index is -0.782. The summed E-state index contributed by atoms with van der Waals surface area (Å²) in [4.78, 5) is 2.23. The van der Waals surface area contributed by atoms with Gasteiger partial charge in [0.25, 0.3) is 0 Å². The van der Waals surface area contributed by atoms with E-state index in [0.717, 1.165) is 31.6 Å². The fourth-order valence-corrected chi connectivity index (χ4v) is 2.93. The van der Waals surface area contributed by atoms with Crippen LogP contribution in [-0.4, -0.2) is 25.2 Å². The van der Waals surface area contributed by atoms with E-state index in [4.69, 9.17) is 0 Å². The summed E-state index contributed by atoms with van der Waals surface area (Å²) in [6.07, 6.45) is 2.22. The van der Waals surface area contributed by atoms with Crippen molar-refractivity contribution in [1.82, 2.24) is 5.32 Å². The van der Waals surface area contributed by atoms with Gasteiger partial charge in [0.05, 0.1) is 0 Å². The summed E-state index contributed by atoms with van der Waals surface area (Å²) < 4.78 is 26.6. The molecule has 112 valence electrons. The predicted molar refractivity (Wildman–Crippen MR) is 79.0 cm³/mol. The Hall–Kier alpha value is -1.16. The lowest BCUT2D eigenvalue weighted by atomic mass is 9.96. The first-order valence-electron chi connectivity index (χ1n) is 7.48. The molecule has 1 aromatic rings. The highest BCUT2D eigenvalue weighted by Gasteiger charge is 2.29. The van der Waals surface area contributed by atoms with Gasteiger partial charge in [-0.15, -0.1) is 0 Å². The number of nitrogens with one attached hydrogen (secondary N) is 1. The van der Waals surface area contributed by atoms with Crippen molar-refractivity contribution in [2.45, 2.75) is 45.7 Å². The predicted octanol–water partition coefficient (Wildman–Crippen LogP) is 3.57.